The summed E-state index contributed by atoms with van der Waals surface area (Å²) >= 11 is 0. The molecule has 0 aromatic carbocycles. The first kappa shape index (κ1) is 10.3. The third kappa shape index (κ3) is 2.88. The second kappa shape index (κ2) is 5.07. The van der Waals surface area contributed by atoms with E-state index < -0.39 is 0 Å². The van der Waals surface area contributed by atoms with Crippen molar-refractivity contribution < 1.29 is 4.42 Å². The van der Waals surface area contributed by atoms with Gasteiger partial charge in [0.2, 0.25) is 0 Å². The van der Waals surface area contributed by atoms with Crippen LogP contribution in [0.2, 0.25) is 0 Å². The molecule has 13 heavy (non-hydrogen) atoms. The summed E-state index contributed by atoms with van der Waals surface area (Å²) < 4.78 is 5.04. The van der Waals surface area contributed by atoms with E-state index in [1.165, 1.54) is 12.0 Å². The zero-order valence-electron chi connectivity index (χ0n) is 8.71. The van der Waals surface area contributed by atoms with Gasteiger partial charge in [0.1, 0.15) is 0 Å². The molecule has 2 heteroatoms. The molecule has 1 rings (SSSR count). The molecule has 0 radical (unpaired) electrons. The molecule has 0 saturated carbocycles. The molecule has 0 aliphatic heterocycles. The Morgan fingerprint density at radius 3 is 2.77 bits per heavy atom. The number of hydrogen-bond donors (Lipinski definition) is 1. The SMILES string of the molecule is CCC(NC)C(C)Cc1ccoc1. The van der Waals surface area contributed by atoms with Gasteiger partial charge in [-0.15, -0.1) is 0 Å². The van der Waals surface area contributed by atoms with Crippen LogP contribution in [0.5, 0.6) is 0 Å². The molecular weight excluding hydrogens is 162 g/mol. The first-order valence-corrected chi connectivity index (χ1v) is 4.96. The van der Waals surface area contributed by atoms with Crippen molar-refractivity contribution in [3.63, 3.8) is 0 Å². The van der Waals surface area contributed by atoms with Crippen LogP contribution in [0.1, 0.15) is 25.8 Å². The second-order valence-electron chi connectivity index (χ2n) is 3.62. The van der Waals surface area contributed by atoms with E-state index in [-0.39, 0.29) is 0 Å². The van der Waals surface area contributed by atoms with Crippen molar-refractivity contribution in [1.29, 1.82) is 0 Å². The largest absolute Gasteiger partial charge is 0.472 e. The Kier molecular flexibility index (Phi) is 4.03. The Morgan fingerprint density at radius 2 is 2.31 bits per heavy atom. The lowest BCUT2D eigenvalue weighted by molar-refractivity contribution is 0.385. The highest BCUT2D eigenvalue weighted by atomic mass is 16.3. The van der Waals surface area contributed by atoms with Gasteiger partial charge in [-0.2, -0.15) is 0 Å². The van der Waals surface area contributed by atoms with Gasteiger partial charge < -0.3 is 9.73 Å². The van der Waals surface area contributed by atoms with Gasteiger partial charge in [-0.3, -0.25) is 0 Å². The second-order valence-corrected chi connectivity index (χ2v) is 3.62. The van der Waals surface area contributed by atoms with Crippen molar-refractivity contribution in [3.8, 4) is 0 Å². The molecule has 1 aromatic rings. The van der Waals surface area contributed by atoms with Crippen molar-refractivity contribution in [1.82, 2.24) is 5.32 Å². The first-order chi connectivity index (χ1) is 6.27. The monoisotopic (exact) mass is 181 g/mol. The summed E-state index contributed by atoms with van der Waals surface area (Å²) in [7, 11) is 2.03. The lowest BCUT2D eigenvalue weighted by Gasteiger charge is -2.21. The van der Waals surface area contributed by atoms with E-state index in [4.69, 9.17) is 4.42 Å². The molecule has 2 unspecified atom stereocenters. The maximum Gasteiger partial charge on any atom is 0.0934 e. The molecule has 0 saturated heterocycles. The smallest absolute Gasteiger partial charge is 0.0934 e. The Labute approximate surface area is 80.3 Å². The first-order valence-electron chi connectivity index (χ1n) is 4.96. The standard InChI is InChI=1S/C11H19NO/c1-4-11(12-3)9(2)7-10-5-6-13-8-10/h5-6,8-9,11-12H,4,7H2,1-3H3. The quantitative estimate of drug-likeness (QED) is 0.754. The zero-order chi connectivity index (χ0) is 9.68. The number of nitrogens with one attached hydrogen (secondary N) is 1. The third-order valence-corrected chi connectivity index (χ3v) is 2.64. The van der Waals surface area contributed by atoms with Gasteiger partial charge in [-0.05, 0) is 37.4 Å². The van der Waals surface area contributed by atoms with Gasteiger partial charge in [-0.25, -0.2) is 0 Å². The summed E-state index contributed by atoms with van der Waals surface area (Å²) in [6.45, 7) is 4.49. The lowest BCUT2D eigenvalue weighted by Crippen LogP contribution is -2.32. The fourth-order valence-corrected chi connectivity index (χ4v) is 1.81. The third-order valence-electron chi connectivity index (χ3n) is 2.64. The highest BCUT2D eigenvalue weighted by Gasteiger charge is 2.13. The van der Waals surface area contributed by atoms with Gasteiger partial charge in [0, 0.05) is 6.04 Å². The molecule has 0 bridgehead atoms. The van der Waals surface area contributed by atoms with Crippen molar-refractivity contribution in [3.05, 3.63) is 24.2 Å². The molecule has 2 nitrogen and oxygen atoms in total. The van der Waals surface area contributed by atoms with E-state index in [9.17, 15) is 0 Å². The van der Waals surface area contributed by atoms with Crippen LogP contribution in [0.4, 0.5) is 0 Å². The minimum Gasteiger partial charge on any atom is -0.472 e. The van der Waals surface area contributed by atoms with Gasteiger partial charge in [0.15, 0.2) is 0 Å². The number of rotatable bonds is 5. The molecule has 0 aliphatic carbocycles. The molecule has 1 N–H and O–H groups in total. The fourth-order valence-electron chi connectivity index (χ4n) is 1.81. The Bertz CT molecular complexity index is 214. The van der Waals surface area contributed by atoms with Gasteiger partial charge in [0.05, 0.1) is 12.5 Å². The van der Waals surface area contributed by atoms with Gasteiger partial charge >= 0.3 is 0 Å². The summed E-state index contributed by atoms with van der Waals surface area (Å²) in [6, 6.07) is 2.65. The lowest BCUT2D eigenvalue weighted by atomic mass is 9.94. The molecule has 74 valence electrons. The Hall–Kier alpha value is -0.760. The van der Waals surface area contributed by atoms with Crippen LogP contribution in [0.15, 0.2) is 23.0 Å². The maximum absolute atomic E-state index is 5.04. The average molecular weight is 181 g/mol. The number of furan rings is 1. The molecule has 1 aromatic heterocycles. The van der Waals surface area contributed by atoms with E-state index >= 15 is 0 Å². The average Bonchev–Trinajstić information content (AvgIpc) is 2.59. The van der Waals surface area contributed by atoms with Crippen LogP contribution < -0.4 is 5.32 Å². The molecule has 1 heterocycles. The van der Waals surface area contributed by atoms with E-state index in [1.54, 1.807) is 6.26 Å². The van der Waals surface area contributed by atoms with E-state index in [0.717, 1.165) is 6.42 Å². The minimum atomic E-state index is 0.606. The summed E-state index contributed by atoms with van der Waals surface area (Å²) in [5.41, 5.74) is 1.29. The van der Waals surface area contributed by atoms with Crippen molar-refractivity contribution in [2.75, 3.05) is 7.05 Å². The van der Waals surface area contributed by atoms with Gasteiger partial charge in [-0.1, -0.05) is 13.8 Å². The molecular formula is C11H19NO. The molecule has 0 amide bonds. The van der Waals surface area contributed by atoms with Crippen LogP contribution in [-0.4, -0.2) is 13.1 Å². The van der Waals surface area contributed by atoms with E-state index in [1.807, 2.05) is 19.4 Å². The van der Waals surface area contributed by atoms with Crippen molar-refractivity contribution in [2.45, 2.75) is 32.7 Å². The number of hydrogen-bond acceptors (Lipinski definition) is 2. The van der Waals surface area contributed by atoms with Crippen molar-refractivity contribution >= 4 is 0 Å². The molecule has 0 aliphatic rings. The molecule has 0 spiro atoms. The van der Waals surface area contributed by atoms with Crippen LogP contribution >= 0.6 is 0 Å². The van der Waals surface area contributed by atoms with Crippen LogP contribution in [0.3, 0.4) is 0 Å². The Balaban J connectivity index is 2.44. The normalized spacial score (nSPS) is 15.6. The maximum atomic E-state index is 5.04. The summed E-state index contributed by atoms with van der Waals surface area (Å²) in [6.07, 6.45) is 5.84. The molecule has 2 atom stereocenters. The van der Waals surface area contributed by atoms with Gasteiger partial charge in [0.25, 0.3) is 0 Å². The van der Waals surface area contributed by atoms with E-state index in [2.05, 4.69) is 19.2 Å². The topological polar surface area (TPSA) is 25.2 Å². The minimum absolute atomic E-state index is 0.606. The van der Waals surface area contributed by atoms with Crippen LogP contribution in [0.25, 0.3) is 0 Å². The van der Waals surface area contributed by atoms with E-state index in [0.29, 0.717) is 12.0 Å². The van der Waals surface area contributed by atoms with Crippen molar-refractivity contribution in [2.24, 2.45) is 5.92 Å². The summed E-state index contributed by atoms with van der Waals surface area (Å²) in [5.74, 6) is 0.660. The zero-order valence-corrected chi connectivity index (χ0v) is 8.71. The fraction of sp³-hybridized carbons (Fsp3) is 0.636. The van der Waals surface area contributed by atoms with Crippen LogP contribution in [-0.2, 0) is 6.42 Å². The van der Waals surface area contributed by atoms with Crippen LogP contribution in [0, 0.1) is 5.92 Å². The highest BCUT2D eigenvalue weighted by Crippen LogP contribution is 2.14. The predicted molar refractivity (Wildman–Crippen MR) is 54.7 cm³/mol. The Morgan fingerprint density at radius 1 is 1.54 bits per heavy atom. The summed E-state index contributed by atoms with van der Waals surface area (Å²) in [4.78, 5) is 0. The highest BCUT2D eigenvalue weighted by molar-refractivity contribution is 5.06. The predicted octanol–water partition coefficient (Wildman–Crippen LogP) is 2.46. The molecule has 0 fully saturated rings. The summed E-state index contributed by atoms with van der Waals surface area (Å²) in [5, 5.41) is 3.33.